The van der Waals surface area contributed by atoms with Gasteiger partial charge in [-0.05, 0) is 36.5 Å². The number of hydrogen-bond acceptors (Lipinski definition) is 4. The number of rotatable bonds is 3. The van der Waals surface area contributed by atoms with Crippen LogP contribution in [-0.4, -0.2) is 16.4 Å². The van der Waals surface area contributed by atoms with E-state index in [0.717, 1.165) is 22.9 Å². The lowest BCUT2D eigenvalue weighted by molar-refractivity contribution is 0.234. The molecule has 0 bridgehead atoms. The Morgan fingerprint density at radius 2 is 2.00 bits per heavy atom. The van der Waals surface area contributed by atoms with Gasteiger partial charge in [0.2, 0.25) is 0 Å². The van der Waals surface area contributed by atoms with E-state index in [1.807, 2.05) is 24.3 Å². The Morgan fingerprint density at radius 1 is 1.20 bits per heavy atom. The Morgan fingerprint density at radius 3 is 2.85 bits per heavy atom. The number of hydrazine groups is 1. The fourth-order valence-corrected chi connectivity index (χ4v) is 3.30. The molecular weight excluding hydrogens is 272 g/mol. The molecule has 1 aromatic carbocycles. The molecule has 1 saturated carbocycles. The molecule has 0 aliphatic heterocycles. The Labute approximate surface area is 121 Å². The molecular formula is C14H18N4OS. The van der Waals surface area contributed by atoms with Crippen LogP contribution in [-0.2, 0) is 0 Å². The monoisotopic (exact) mass is 290 g/mol. The summed E-state index contributed by atoms with van der Waals surface area (Å²) in [5.74, 6) is 0.699. The lowest BCUT2D eigenvalue weighted by atomic mass is 9.96. The van der Waals surface area contributed by atoms with Crippen LogP contribution in [0.25, 0.3) is 10.1 Å². The summed E-state index contributed by atoms with van der Waals surface area (Å²) in [6.45, 7) is 0. The van der Waals surface area contributed by atoms with Crippen molar-refractivity contribution in [2.75, 3.05) is 5.43 Å². The maximum absolute atomic E-state index is 11.8. The van der Waals surface area contributed by atoms with Crippen LogP contribution in [0, 0.1) is 0 Å². The van der Waals surface area contributed by atoms with Gasteiger partial charge in [0.15, 0.2) is 5.82 Å². The number of aromatic nitrogens is 1. The zero-order valence-corrected chi connectivity index (χ0v) is 12.0. The first kappa shape index (κ1) is 13.2. The average Bonchev–Trinajstić information content (AvgIpc) is 2.89. The van der Waals surface area contributed by atoms with Crippen molar-refractivity contribution in [3.63, 3.8) is 0 Å². The summed E-state index contributed by atoms with van der Waals surface area (Å²) in [5.41, 5.74) is 5.56. The van der Waals surface area contributed by atoms with Crippen LogP contribution >= 0.6 is 11.5 Å². The molecule has 3 N–H and O–H groups in total. The quantitative estimate of drug-likeness (QED) is 0.760. The predicted octanol–water partition coefficient (Wildman–Crippen LogP) is 3.26. The number of benzene rings is 1. The number of carbonyl (C=O) groups excluding carboxylic acids is 1. The van der Waals surface area contributed by atoms with Gasteiger partial charge in [-0.25, -0.2) is 4.79 Å². The zero-order chi connectivity index (χ0) is 13.8. The highest BCUT2D eigenvalue weighted by Crippen LogP contribution is 2.25. The highest BCUT2D eigenvalue weighted by Gasteiger charge is 2.15. The summed E-state index contributed by atoms with van der Waals surface area (Å²) in [6, 6.07) is 8.06. The highest BCUT2D eigenvalue weighted by molar-refractivity contribution is 7.13. The van der Waals surface area contributed by atoms with Gasteiger partial charge in [0.05, 0.1) is 4.70 Å². The molecule has 1 aromatic heterocycles. The fourth-order valence-electron chi connectivity index (χ4n) is 2.56. The van der Waals surface area contributed by atoms with Gasteiger partial charge in [-0.15, -0.1) is 0 Å². The molecule has 0 saturated heterocycles. The number of hydrogen-bond donors (Lipinski definition) is 3. The molecule has 2 amide bonds. The molecule has 5 nitrogen and oxygen atoms in total. The summed E-state index contributed by atoms with van der Waals surface area (Å²) in [6.07, 6.45) is 5.84. The van der Waals surface area contributed by atoms with Crippen molar-refractivity contribution in [1.82, 2.24) is 15.1 Å². The van der Waals surface area contributed by atoms with Gasteiger partial charge < -0.3 is 5.32 Å². The summed E-state index contributed by atoms with van der Waals surface area (Å²) in [4.78, 5) is 11.8. The summed E-state index contributed by atoms with van der Waals surface area (Å²) >= 11 is 1.42. The first-order valence-corrected chi connectivity index (χ1v) is 7.77. The Hall–Kier alpha value is -1.82. The van der Waals surface area contributed by atoms with Gasteiger partial charge in [-0.1, -0.05) is 31.4 Å². The van der Waals surface area contributed by atoms with Crippen molar-refractivity contribution < 1.29 is 4.79 Å². The smallest absolute Gasteiger partial charge is 0.333 e. The molecule has 20 heavy (non-hydrogen) atoms. The third-order valence-corrected chi connectivity index (χ3v) is 4.44. The van der Waals surface area contributed by atoms with Crippen LogP contribution in [0.4, 0.5) is 10.6 Å². The minimum absolute atomic E-state index is 0.186. The second kappa shape index (κ2) is 6.09. The number of nitrogens with one attached hydrogen (secondary N) is 3. The highest BCUT2D eigenvalue weighted by atomic mass is 32.1. The largest absolute Gasteiger partial charge is 0.334 e. The number of nitrogens with zero attached hydrogens (tertiary/aromatic N) is 1. The number of carbonyl (C=O) groups is 1. The van der Waals surface area contributed by atoms with Crippen LogP contribution in [0.3, 0.4) is 0 Å². The van der Waals surface area contributed by atoms with E-state index in [0.29, 0.717) is 11.9 Å². The van der Waals surface area contributed by atoms with Crippen LogP contribution in [0.5, 0.6) is 0 Å². The minimum atomic E-state index is -0.186. The van der Waals surface area contributed by atoms with Crippen molar-refractivity contribution in [3.05, 3.63) is 24.3 Å². The van der Waals surface area contributed by atoms with Gasteiger partial charge >= 0.3 is 6.03 Å². The number of amides is 2. The lowest BCUT2D eigenvalue weighted by Gasteiger charge is -2.22. The van der Waals surface area contributed by atoms with Gasteiger partial charge in [0.1, 0.15) is 0 Å². The molecule has 2 aromatic rings. The number of urea groups is 1. The molecule has 3 rings (SSSR count). The topological polar surface area (TPSA) is 66.0 Å². The third kappa shape index (κ3) is 3.01. The number of fused-ring (bicyclic) bond motifs is 1. The molecule has 1 aliphatic rings. The van der Waals surface area contributed by atoms with Gasteiger partial charge in [-0.2, -0.15) is 4.37 Å². The van der Waals surface area contributed by atoms with E-state index in [2.05, 4.69) is 20.5 Å². The molecule has 0 radical (unpaired) electrons. The van der Waals surface area contributed by atoms with Crippen LogP contribution < -0.4 is 16.2 Å². The van der Waals surface area contributed by atoms with Crippen molar-refractivity contribution in [2.45, 2.75) is 38.1 Å². The lowest BCUT2D eigenvalue weighted by Crippen LogP contribution is -2.45. The van der Waals surface area contributed by atoms with Crippen molar-refractivity contribution >= 4 is 33.5 Å². The van der Waals surface area contributed by atoms with Gasteiger partial charge in [0.25, 0.3) is 0 Å². The van der Waals surface area contributed by atoms with E-state index in [4.69, 9.17) is 0 Å². The average molecular weight is 290 g/mol. The van der Waals surface area contributed by atoms with E-state index in [9.17, 15) is 4.79 Å². The van der Waals surface area contributed by atoms with Crippen LogP contribution in [0.2, 0.25) is 0 Å². The summed E-state index contributed by atoms with van der Waals surface area (Å²) in [7, 11) is 0. The second-order valence-corrected chi connectivity index (χ2v) is 5.89. The maximum Gasteiger partial charge on any atom is 0.333 e. The second-order valence-electron chi connectivity index (χ2n) is 5.09. The van der Waals surface area contributed by atoms with Crippen LogP contribution in [0.15, 0.2) is 24.3 Å². The predicted molar refractivity (Wildman–Crippen MR) is 81.8 cm³/mol. The molecule has 1 aliphatic carbocycles. The molecule has 1 heterocycles. The molecule has 0 spiro atoms. The Kier molecular flexibility index (Phi) is 4.01. The standard InChI is InChI=1S/C14H18N4OS/c19-14(15-10-6-2-1-3-7-10)17-16-13-11-8-4-5-9-12(11)20-18-13/h4-5,8-10H,1-3,6-7H2,(H,16,18)(H2,15,17,19). The van der Waals surface area contributed by atoms with Crippen molar-refractivity contribution in [3.8, 4) is 0 Å². The summed E-state index contributed by atoms with van der Waals surface area (Å²) in [5, 5.41) is 4.02. The van der Waals surface area contributed by atoms with Gasteiger partial charge in [-0.3, -0.25) is 10.9 Å². The van der Waals surface area contributed by atoms with Crippen molar-refractivity contribution in [2.24, 2.45) is 0 Å². The molecule has 0 unspecified atom stereocenters. The van der Waals surface area contributed by atoms with Crippen molar-refractivity contribution in [1.29, 1.82) is 0 Å². The van der Waals surface area contributed by atoms with E-state index in [-0.39, 0.29) is 6.03 Å². The maximum atomic E-state index is 11.8. The summed E-state index contributed by atoms with van der Waals surface area (Å²) < 4.78 is 5.40. The SMILES string of the molecule is O=C(NNc1nsc2ccccc12)NC1CCCCC1. The molecule has 106 valence electrons. The first-order chi connectivity index (χ1) is 9.83. The minimum Gasteiger partial charge on any atom is -0.334 e. The number of anilines is 1. The van der Waals surface area contributed by atoms with Gasteiger partial charge in [0, 0.05) is 11.4 Å². The van der Waals surface area contributed by atoms with E-state index in [1.54, 1.807) is 0 Å². The third-order valence-electron chi connectivity index (χ3n) is 3.61. The molecule has 0 atom stereocenters. The molecule has 6 heteroatoms. The van der Waals surface area contributed by atoms with Crippen LogP contribution in [0.1, 0.15) is 32.1 Å². The Bertz CT molecular complexity index is 592. The van der Waals surface area contributed by atoms with E-state index >= 15 is 0 Å². The Balaban J connectivity index is 1.54. The first-order valence-electron chi connectivity index (χ1n) is 7.00. The normalized spacial score (nSPS) is 16.0. The van der Waals surface area contributed by atoms with E-state index in [1.165, 1.54) is 30.8 Å². The molecule has 1 fully saturated rings. The van der Waals surface area contributed by atoms with E-state index < -0.39 is 0 Å². The zero-order valence-electron chi connectivity index (χ0n) is 11.2. The fraction of sp³-hybridized carbons (Fsp3) is 0.429.